The van der Waals surface area contributed by atoms with E-state index in [4.69, 9.17) is 31.3 Å². The highest BCUT2D eigenvalue weighted by Crippen LogP contribution is 2.31. The lowest BCUT2D eigenvalue weighted by atomic mass is 9.91. The SMILES string of the molecule is CCOC(=O)Cn1c(N2C[C@H](c3ccccc3)C(c3ccc(Cl)cc3)=N2)nn(Cc2ccc(CN3CCOCC3)cc2)c1=O. The molecule has 0 radical (unpaired) electrons. The Morgan fingerprint density at radius 1 is 0.955 bits per heavy atom. The quantitative estimate of drug-likeness (QED) is 0.248. The van der Waals surface area contributed by atoms with Crippen LogP contribution < -0.4 is 10.7 Å². The van der Waals surface area contributed by atoms with Crippen molar-refractivity contribution in [3.63, 3.8) is 0 Å². The fraction of sp³-hybridized carbons (Fsp3) is 0.333. The van der Waals surface area contributed by atoms with E-state index >= 15 is 0 Å². The van der Waals surface area contributed by atoms with Gasteiger partial charge in [0.05, 0.1) is 38.6 Å². The molecule has 1 fully saturated rings. The maximum Gasteiger partial charge on any atom is 0.348 e. The van der Waals surface area contributed by atoms with Crippen LogP contribution in [0, 0.1) is 0 Å². The van der Waals surface area contributed by atoms with Crippen LogP contribution in [0.5, 0.6) is 0 Å². The summed E-state index contributed by atoms with van der Waals surface area (Å²) in [4.78, 5) is 28.7. The van der Waals surface area contributed by atoms with Crippen molar-refractivity contribution in [3.05, 3.63) is 117 Å². The summed E-state index contributed by atoms with van der Waals surface area (Å²) in [5, 5.41) is 12.0. The predicted molar refractivity (Wildman–Crippen MR) is 169 cm³/mol. The van der Waals surface area contributed by atoms with Crippen molar-refractivity contribution in [1.82, 2.24) is 19.2 Å². The molecule has 0 N–H and O–H groups in total. The highest BCUT2D eigenvalue weighted by Gasteiger charge is 2.33. The van der Waals surface area contributed by atoms with E-state index in [0.717, 1.165) is 55.3 Å². The molecule has 10 nitrogen and oxygen atoms in total. The first kappa shape index (κ1) is 29.8. The number of hydrogen-bond donors (Lipinski definition) is 0. The molecule has 6 rings (SSSR count). The molecule has 44 heavy (non-hydrogen) atoms. The van der Waals surface area contributed by atoms with E-state index in [-0.39, 0.29) is 31.6 Å². The van der Waals surface area contributed by atoms with Crippen LogP contribution in [0.1, 0.15) is 35.1 Å². The summed E-state index contributed by atoms with van der Waals surface area (Å²) in [6, 6.07) is 25.8. The van der Waals surface area contributed by atoms with Gasteiger partial charge in [-0.1, -0.05) is 78.3 Å². The number of aromatic nitrogens is 3. The summed E-state index contributed by atoms with van der Waals surface area (Å²) in [5.74, 6) is -0.312. The highest BCUT2D eigenvalue weighted by molar-refractivity contribution is 6.30. The maximum absolute atomic E-state index is 13.7. The average Bonchev–Trinajstić information content (AvgIpc) is 3.61. The summed E-state index contributed by atoms with van der Waals surface area (Å²) >= 11 is 6.18. The van der Waals surface area contributed by atoms with E-state index in [0.29, 0.717) is 11.6 Å². The number of anilines is 1. The number of rotatable bonds is 10. The lowest BCUT2D eigenvalue weighted by Gasteiger charge is -2.26. The molecule has 1 atom stereocenters. The first-order valence-electron chi connectivity index (χ1n) is 14.9. The van der Waals surface area contributed by atoms with Gasteiger partial charge in [-0.3, -0.25) is 9.69 Å². The molecular formula is C33H35ClN6O4. The second kappa shape index (κ2) is 13.6. The van der Waals surface area contributed by atoms with Crippen LogP contribution in [-0.2, 0) is 33.9 Å². The van der Waals surface area contributed by atoms with Crippen LogP contribution in [0.2, 0.25) is 5.02 Å². The number of esters is 1. The zero-order valence-corrected chi connectivity index (χ0v) is 25.4. The zero-order chi connectivity index (χ0) is 30.5. The molecule has 0 bridgehead atoms. The fourth-order valence-electron chi connectivity index (χ4n) is 5.59. The van der Waals surface area contributed by atoms with Crippen molar-refractivity contribution in [3.8, 4) is 0 Å². The molecule has 4 aromatic rings. The van der Waals surface area contributed by atoms with Crippen LogP contribution in [0.4, 0.5) is 5.95 Å². The van der Waals surface area contributed by atoms with Crippen LogP contribution in [0.15, 0.2) is 88.8 Å². The Hall–Kier alpha value is -4.25. The Morgan fingerprint density at radius 3 is 2.32 bits per heavy atom. The van der Waals surface area contributed by atoms with Gasteiger partial charge in [0.25, 0.3) is 0 Å². The third-order valence-electron chi connectivity index (χ3n) is 7.85. The number of benzene rings is 3. The van der Waals surface area contributed by atoms with Crippen LogP contribution in [0.25, 0.3) is 0 Å². The first-order chi connectivity index (χ1) is 21.5. The second-order valence-corrected chi connectivity index (χ2v) is 11.3. The van der Waals surface area contributed by atoms with Gasteiger partial charge in [0.15, 0.2) is 0 Å². The third-order valence-corrected chi connectivity index (χ3v) is 8.10. The second-order valence-electron chi connectivity index (χ2n) is 10.9. The molecule has 3 aromatic carbocycles. The minimum absolute atomic E-state index is 0.0901. The zero-order valence-electron chi connectivity index (χ0n) is 24.6. The minimum Gasteiger partial charge on any atom is -0.465 e. The summed E-state index contributed by atoms with van der Waals surface area (Å²) < 4.78 is 13.4. The van der Waals surface area contributed by atoms with Gasteiger partial charge in [-0.25, -0.2) is 19.1 Å². The van der Waals surface area contributed by atoms with Crippen LogP contribution in [0.3, 0.4) is 0 Å². The molecule has 0 spiro atoms. The fourth-order valence-corrected chi connectivity index (χ4v) is 5.72. The lowest BCUT2D eigenvalue weighted by molar-refractivity contribution is -0.143. The van der Waals surface area contributed by atoms with E-state index in [1.165, 1.54) is 14.8 Å². The standard InChI is InChI=1S/C33H35ClN6O4/c1-2-44-30(41)23-38-32(36-40(33(38)42)21-25-10-8-24(9-11-25)20-37-16-18-43-19-17-37)39-22-29(26-6-4-3-5-7-26)31(35-39)27-12-14-28(34)15-13-27/h3-15,29H,2,16-23H2,1H3/t29-/m1/s1. The Morgan fingerprint density at radius 2 is 1.64 bits per heavy atom. The number of carbonyl (C=O) groups excluding carboxylic acids is 1. The Kier molecular flexibility index (Phi) is 9.20. The van der Waals surface area contributed by atoms with Gasteiger partial charge in [-0.05, 0) is 41.3 Å². The van der Waals surface area contributed by atoms with E-state index in [2.05, 4.69) is 29.2 Å². The number of hydrogen-bond acceptors (Lipinski definition) is 8. The third kappa shape index (κ3) is 6.77. The minimum atomic E-state index is -0.511. The number of morpholine rings is 1. The largest absolute Gasteiger partial charge is 0.465 e. The number of nitrogens with zero attached hydrogens (tertiary/aromatic N) is 6. The summed E-state index contributed by atoms with van der Waals surface area (Å²) in [6.07, 6.45) is 0. The molecule has 2 aliphatic rings. The summed E-state index contributed by atoms with van der Waals surface area (Å²) in [6.45, 7) is 6.59. The van der Waals surface area contributed by atoms with Crippen molar-refractivity contribution in [2.24, 2.45) is 5.10 Å². The number of carbonyl (C=O) groups is 1. The van der Waals surface area contributed by atoms with Gasteiger partial charge in [0.2, 0.25) is 5.95 Å². The van der Waals surface area contributed by atoms with Crippen LogP contribution >= 0.6 is 11.6 Å². The van der Waals surface area contributed by atoms with Gasteiger partial charge < -0.3 is 9.47 Å². The predicted octanol–water partition coefficient (Wildman–Crippen LogP) is 4.15. The van der Waals surface area contributed by atoms with Gasteiger partial charge >= 0.3 is 11.7 Å². The van der Waals surface area contributed by atoms with Gasteiger partial charge in [-0.15, -0.1) is 5.10 Å². The van der Waals surface area contributed by atoms with E-state index in [1.54, 1.807) is 11.9 Å². The van der Waals surface area contributed by atoms with Crippen molar-refractivity contribution in [2.75, 3.05) is 44.5 Å². The van der Waals surface area contributed by atoms with Gasteiger partial charge in [-0.2, -0.15) is 5.10 Å². The summed E-state index contributed by atoms with van der Waals surface area (Å²) in [7, 11) is 0. The summed E-state index contributed by atoms with van der Waals surface area (Å²) in [5.41, 5.74) is 4.55. The van der Waals surface area contributed by atoms with E-state index < -0.39 is 11.7 Å². The van der Waals surface area contributed by atoms with E-state index in [1.807, 2.05) is 54.6 Å². The Bertz CT molecular complexity index is 1660. The number of hydrazone groups is 1. The Balaban J connectivity index is 1.31. The molecular weight excluding hydrogens is 580 g/mol. The van der Waals surface area contributed by atoms with Gasteiger partial charge in [0, 0.05) is 30.6 Å². The average molecular weight is 615 g/mol. The first-order valence-corrected chi connectivity index (χ1v) is 15.2. The molecule has 0 saturated carbocycles. The van der Waals surface area contributed by atoms with Crippen LogP contribution in [-0.4, -0.2) is 70.4 Å². The van der Waals surface area contributed by atoms with Crippen molar-refractivity contribution in [1.29, 1.82) is 0 Å². The molecule has 1 aromatic heterocycles. The Labute approximate surface area is 261 Å². The van der Waals surface area contributed by atoms with Crippen molar-refractivity contribution in [2.45, 2.75) is 32.5 Å². The molecule has 0 unspecified atom stereocenters. The number of halogens is 1. The molecule has 0 aliphatic carbocycles. The normalized spacial score (nSPS) is 17.1. The number of ether oxygens (including phenoxy) is 2. The topological polar surface area (TPSA) is 94.2 Å². The van der Waals surface area contributed by atoms with Crippen molar-refractivity contribution < 1.29 is 14.3 Å². The molecule has 228 valence electrons. The maximum atomic E-state index is 13.7. The van der Waals surface area contributed by atoms with Gasteiger partial charge in [0.1, 0.15) is 6.54 Å². The monoisotopic (exact) mass is 614 g/mol. The molecule has 1 saturated heterocycles. The molecule has 2 aliphatic heterocycles. The molecule has 0 amide bonds. The smallest absolute Gasteiger partial charge is 0.348 e. The molecule has 3 heterocycles. The van der Waals surface area contributed by atoms with E-state index in [9.17, 15) is 9.59 Å². The highest BCUT2D eigenvalue weighted by atomic mass is 35.5. The lowest BCUT2D eigenvalue weighted by Crippen LogP contribution is -2.35. The molecule has 11 heteroatoms. The van der Waals surface area contributed by atoms with Crippen molar-refractivity contribution >= 4 is 29.2 Å².